The Morgan fingerprint density at radius 3 is 3.05 bits per heavy atom. The molecule has 19 heavy (non-hydrogen) atoms. The molecule has 6 heteroatoms. The molecule has 0 aromatic carbocycles. The van der Waals surface area contributed by atoms with E-state index in [2.05, 4.69) is 4.98 Å². The van der Waals surface area contributed by atoms with E-state index < -0.39 is 12.0 Å². The number of ether oxygens (including phenoxy) is 1. The highest BCUT2D eigenvalue weighted by atomic mass is 16.5. The molecule has 2 heterocycles. The summed E-state index contributed by atoms with van der Waals surface area (Å²) in [6.07, 6.45) is 4.24. The maximum absolute atomic E-state index is 12.1. The van der Waals surface area contributed by atoms with Crippen LogP contribution in [-0.4, -0.2) is 52.7 Å². The third-order valence-corrected chi connectivity index (χ3v) is 3.08. The second kappa shape index (κ2) is 6.29. The minimum Gasteiger partial charge on any atom is -0.480 e. The van der Waals surface area contributed by atoms with E-state index in [0.717, 1.165) is 5.56 Å². The summed E-state index contributed by atoms with van der Waals surface area (Å²) in [5.74, 6) is -1.17. The van der Waals surface area contributed by atoms with Crippen LogP contribution in [0.4, 0.5) is 0 Å². The average Bonchev–Trinajstić information content (AvgIpc) is 2.46. The van der Waals surface area contributed by atoms with Crippen molar-refractivity contribution in [3.63, 3.8) is 0 Å². The number of hydrogen-bond acceptors (Lipinski definition) is 4. The topological polar surface area (TPSA) is 79.7 Å². The fourth-order valence-corrected chi connectivity index (χ4v) is 2.05. The predicted octanol–water partition coefficient (Wildman–Crippen LogP) is 0.326. The lowest BCUT2D eigenvalue weighted by Gasteiger charge is -2.32. The van der Waals surface area contributed by atoms with E-state index in [1.54, 1.807) is 12.4 Å². The first-order valence-corrected chi connectivity index (χ1v) is 6.17. The molecule has 0 spiro atoms. The molecule has 1 aromatic heterocycles. The Morgan fingerprint density at radius 1 is 1.53 bits per heavy atom. The number of nitrogens with zero attached hydrogens (tertiary/aromatic N) is 2. The number of carbonyl (C=O) groups excluding carboxylic acids is 1. The lowest BCUT2D eigenvalue weighted by molar-refractivity contribution is -0.158. The Kier molecular flexibility index (Phi) is 4.46. The second-order valence-corrected chi connectivity index (χ2v) is 4.38. The monoisotopic (exact) mass is 264 g/mol. The number of hydrogen-bond donors (Lipinski definition) is 1. The van der Waals surface area contributed by atoms with Crippen molar-refractivity contribution in [2.45, 2.75) is 18.9 Å². The zero-order valence-corrected chi connectivity index (χ0v) is 10.5. The van der Waals surface area contributed by atoms with Crippen LogP contribution in [0.2, 0.25) is 0 Å². The molecule has 0 radical (unpaired) electrons. The van der Waals surface area contributed by atoms with Crippen molar-refractivity contribution < 1.29 is 19.4 Å². The Hall–Kier alpha value is -1.95. The third-order valence-electron chi connectivity index (χ3n) is 3.08. The SMILES string of the molecule is O=C(O)C1COCCN1C(=O)CCc1cccnc1. The van der Waals surface area contributed by atoms with E-state index in [9.17, 15) is 9.59 Å². The first kappa shape index (κ1) is 13.5. The highest BCUT2D eigenvalue weighted by Crippen LogP contribution is 2.11. The summed E-state index contributed by atoms with van der Waals surface area (Å²) in [7, 11) is 0. The first-order chi connectivity index (χ1) is 9.18. The smallest absolute Gasteiger partial charge is 0.328 e. The molecule has 0 aliphatic carbocycles. The van der Waals surface area contributed by atoms with Gasteiger partial charge in [0.2, 0.25) is 5.91 Å². The number of carboxylic acid groups (broad SMARTS) is 1. The molecule has 1 aromatic rings. The number of carboxylic acids is 1. The molecule has 1 aliphatic heterocycles. The first-order valence-electron chi connectivity index (χ1n) is 6.17. The van der Waals surface area contributed by atoms with Gasteiger partial charge in [-0.25, -0.2) is 4.79 Å². The van der Waals surface area contributed by atoms with Crippen molar-refractivity contribution in [1.82, 2.24) is 9.88 Å². The van der Waals surface area contributed by atoms with Gasteiger partial charge in [-0.2, -0.15) is 0 Å². The Bertz CT molecular complexity index is 449. The van der Waals surface area contributed by atoms with Gasteiger partial charge < -0.3 is 14.7 Å². The van der Waals surface area contributed by atoms with E-state index in [1.807, 2.05) is 12.1 Å². The van der Waals surface area contributed by atoms with E-state index in [0.29, 0.717) is 19.6 Å². The lowest BCUT2D eigenvalue weighted by atomic mass is 10.1. The zero-order chi connectivity index (χ0) is 13.7. The van der Waals surface area contributed by atoms with Crippen LogP contribution in [0.1, 0.15) is 12.0 Å². The minimum absolute atomic E-state index is 0.0635. The van der Waals surface area contributed by atoms with E-state index in [1.165, 1.54) is 4.90 Å². The summed E-state index contributed by atoms with van der Waals surface area (Å²) in [6, 6.07) is 2.85. The summed E-state index contributed by atoms with van der Waals surface area (Å²) in [5.41, 5.74) is 0.969. The standard InChI is InChI=1S/C13H16N2O4/c16-12(4-3-10-2-1-5-14-8-10)15-6-7-19-9-11(15)13(17)18/h1-2,5,8,11H,3-4,6-7,9H2,(H,17,18). The van der Waals surface area contributed by atoms with Crippen LogP contribution in [-0.2, 0) is 20.7 Å². The summed E-state index contributed by atoms with van der Waals surface area (Å²) in [4.78, 5) is 28.5. The van der Waals surface area contributed by atoms with Gasteiger partial charge in [0.15, 0.2) is 6.04 Å². The Balaban J connectivity index is 1.93. The number of morpholine rings is 1. The number of rotatable bonds is 4. The number of aryl methyl sites for hydroxylation is 1. The van der Waals surface area contributed by atoms with Gasteiger partial charge >= 0.3 is 5.97 Å². The molecule has 1 fully saturated rings. The van der Waals surface area contributed by atoms with Crippen LogP contribution in [0, 0.1) is 0 Å². The van der Waals surface area contributed by atoms with Gasteiger partial charge in [-0.3, -0.25) is 9.78 Å². The Morgan fingerprint density at radius 2 is 2.37 bits per heavy atom. The minimum atomic E-state index is -1.02. The van der Waals surface area contributed by atoms with Gasteiger partial charge in [-0.05, 0) is 18.1 Å². The lowest BCUT2D eigenvalue weighted by Crippen LogP contribution is -2.52. The van der Waals surface area contributed by atoms with Crippen LogP contribution < -0.4 is 0 Å². The molecule has 1 N–H and O–H groups in total. The summed E-state index contributed by atoms with van der Waals surface area (Å²) in [6.45, 7) is 0.791. The van der Waals surface area contributed by atoms with E-state index in [-0.39, 0.29) is 18.9 Å². The average molecular weight is 264 g/mol. The van der Waals surface area contributed by atoms with Crippen LogP contribution in [0.5, 0.6) is 0 Å². The molecule has 102 valence electrons. The molecule has 2 rings (SSSR count). The van der Waals surface area contributed by atoms with Gasteiger partial charge in [-0.1, -0.05) is 6.07 Å². The molecule has 1 unspecified atom stereocenters. The van der Waals surface area contributed by atoms with Gasteiger partial charge in [0.1, 0.15) is 0 Å². The normalized spacial score (nSPS) is 19.2. The molecule has 1 atom stereocenters. The quantitative estimate of drug-likeness (QED) is 0.847. The van der Waals surface area contributed by atoms with Crippen molar-refractivity contribution in [3.8, 4) is 0 Å². The fourth-order valence-electron chi connectivity index (χ4n) is 2.05. The van der Waals surface area contributed by atoms with Crippen molar-refractivity contribution in [1.29, 1.82) is 0 Å². The molecule has 0 saturated carbocycles. The highest BCUT2D eigenvalue weighted by molar-refractivity contribution is 5.84. The number of carbonyl (C=O) groups is 2. The van der Waals surface area contributed by atoms with E-state index >= 15 is 0 Å². The molecule has 0 bridgehead atoms. The Labute approximate surface area is 111 Å². The number of pyridine rings is 1. The van der Waals surface area contributed by atoms with Crippen molar-refractivity contribution >= 4 is 11.9 Å². The summed E-state index contributed by atoms with van der Waals surface area (Å²) in [5, 5.41) is 9.06. The van der Waals surface area contributed by atoms with Gasteiger partial charge in [-0.15, -0.1) is 0 Å². The highest BCUT2D eigenvalue weighted by Gasteiger charge is 2.32. The zero-order valence-electron chi connectivity index (χ0n) is 10.5. The number of aliphatic carboxylic acids is 1. The van der Waals surface area contributed by atoms with Crippen LogP contribution in [0.15, 0.2) is 24.5 Å². The summed E-state index contributed by atoms with van der Waals surface area (Å²) >= 11 is 0. The molecule has 6 nitrogen and oxygen atoms in total. The van der Waals surface area contributed by atoms with E-state index in [4.69, 9.17) is 9.84 Å². The van der Waals surface area contributed by atoms with Gasteiger partial charge in [0.25, 0.3) is 0 Å². The third kappa shape index (κ3) is 3.51. The number of aromatic nitrogens is 1. The largest absolute Gasteiger partial charge is 0.480 e. The summed E-state index contributed by atoms with van der Waals surface area (Å²) < 4.78 is 5.10. The molecular weight excluding hydrogens is 248 g/mol. The molecule has 1 aliphatic rings. The molecule has 1 amide bonds. The fraction of sp³-hybridized carbons (Fsp3) is 0.462. The van der Waals surface area contributed by atoms with Crippen LogP contribution in [0.3, 0.4) is 0 Å². The van der Waals surface area contributed by atoms with Gasteiger partial charge in [0, 0.05) is 25.4 Å². The van der Waals surface area contributed by atoms with Crippen molar-refractivity contribution in [2.75, 3.05) is 19.8 Å². The molecular formula is C13H16N2O4. The maximum atomic E-state index is 12.1. The maximum Gasteiger partial charge on any atom is 0.328 e. The predicted molar refractivity (Wildman–Crippen MR) is 66.5 cm³/mol. The second-order valence-electron chi connectivity index (χ2n) is 4.38. The van der Waals surface area contributed by atoms with Crippen LogP contribution in [0.25, 0.3) is 0 Å². The van der Waals surface area contributed by atoms with Crippen molar-refractivity contribution in [2.24, 2.45) is 0 Å². The van der Waals surface area contributed by atoms with Gasteiger partial charge in [0.05, 0.1) is 13.2 Å². The van der Waals surface area contributed by atoms with Crippen molar-refractivity contribution in [3.05, 3.63) is 30.1 Å². The van der Waals surface area contributed by atoms with Crippen LogP contribution >= 0.6 is 0 Å². The molecule has 1 saturated heterocycles. The number of amides is 1.